The van der Waals surface area contributed by atoms with Gasteiger partial charge >= 0.3 is 0 Å². The molecular weight excluding hydrogens is 421 g/mol. The predicted octanol–water partition coefficient (Wildman–Crippen LogP) is 3.66. The largest absolute Gasteiger partial charge is 0.485 e. The molecule has 33 heavy (non-hydrogen) atoms. The van der Waals surface area contributed by atoms with Crippen molar-refractivity contribution in [1.82, 2.24) is 29.8 Å². The quantitative estimate of drug-likeness (QED) is 0.506. The number of pyridine rings is 1. The van der Waals surface area contributed by atoms with Crippen molar-refractivity contribution in [2.45, 2.75) is 39.3 Å². The number of nitrogens with two attached hydrogens (primary N) is 1. The van der Waals surface area contributed by atoms with Crippen LogP contribution < -0.4 is 10.5 Å². The van der Waals surface area contributed by atoms with E-state index in [0.717, 1.165) is 40.3 Å². The number of nitrogens with zero attached hydrogens (tertiary/aromatic N) is 6. The van der Waals surface area contributed by atoms with Gasteiger partial charge in [-0.15, -0.1) is 0 Å². The van der Waals surface area contributed by atoms with Crippen molar-refractivity contribution in [3.05, 3.63) is 58.8 Å². The average Bonchev–Trinajstić information content (AvgIpc) is 3.45. The second kappa shape index (κ2) is 7.40. The van der Waals surface area contributed by atoms with E-state index in [1.807, 2.05) is 13.0 Å². The molecule has 2 bridgehead atoms. The summed E-state index contributed by atoms with van der Waals surface area (Å²) in [4.78, 5) is 5.96. The Morgan fingerprint density at radius 1 is 1.18 bits per heavy atom. The molecule has 1 fully saturated rings. The summed E-state index contributed by atoms with van der Waals surface area (Å²) in [5.74, 6) is 1.07. The lowest BCUT2D eigenvalue weighted by Gasteiger charge is -2.16. The Morgan fingerprint density at radius 3 is 2.85 bits per heavy atom. The number of hydrogen-bond donors (Lipinski definition) is 1. The molecule has 0 spiro atoms. The number of halogens is 1. The van der Waals surface area contributed by atoms with Crippen LogP contribution >= 0.6 is 0 Å². The standard InChI is InChI=1S/C24H24FN7O/c1-13-19-9-20-22(30-31(2)29-20)18-6-5-17(25)7-16(18)12-33-21-8-15(10-27-24(21)26)23(19)32(28-13)11-14-3-4-14/h5-8,10,14H,3-4,9,11-12H2,1-2H3,(H2,26,27). The lowest BCUT2D eigenvalue weighted by Crippen LogP contribution is -2.08. The number of aromatic nitrogens is 6. The van der Waals surface area contributed by atoms with Crippen LogP contribution in [0, 0.1) is 18.7 Å². The van der Waals surface area contributed by atoms with E-state index in [1.165, 1.54) is 25.0 Å². The van der Waals surface area contributed by atoms with E-state index < -0.39 is 0 Å². The van der Waals surface area contributed by atoms with Crippen molar-refractivity contribution in [3.63, 3.8) is 0 Å². The number of hydrogen-bond acceptors (Lipinski definition) is 6. The molecule has 1 aliphatic carbocycles. The minimum absolute atomic E-state index is 0.131. The molecule has 2 aliphatic rings. The zero-order chi connectivity index (χ0) is 22.7. The maximum atomic E-state index is 14.1. The number of fused-ring (bicyclic) bond motifs is 7. The Labute approximate surface area is 190 Å². The lowest BCUT2D eigenvalue weighted by atomic mass is 9.97. The smallest absolute Gasteiger partial charge is 0.166 e. The summed E-state index contributed by atoms with van der Waals surface area (Å²) in [6, 6.07) is 6.54. The van der Waals surface area contributed by atoms with Crippen LogP contribution in [0.2, 0.25) is 0 Å². The zero-order valence-corrected chi connectivity index (χ0v) is 18.5. The third kappa shape index (κ3) is 3.53. The normalized spacial score (nSPS) is 15.0. The molecule has 4 aromatic rings. The van der Waals surface area contributed by atoms with Crippen molar-refractivity contribution in [2.24, 2.45) is 13.0 Å². The molecule has 0 amide bonds. The van der Waals surface area contributed by atoms with Crippen molar-refractivity contribution < 1.29 is 9.13 Å². The van der Waals surface area contributed by atoms with Gasteiger partial charge in [0.15, 0.2) is 11.6 Å². The molecular formula is C24H24FN7O. The molecule has 1 saturated carbocycles. The molecule has 1 aromatic carbocycles. The fourth-order valence-electron chi connectivity index (χ4n) is 4.54. The van der Waals surface area contributed by atoms with Gasteiger partial charge in [0.2, 0.25) is 0 Å². The predicted molar refractivity (Wildman–Crippen MR) is 121 cm³/mol. The monoisotopic (exact) mass is 445 g/mol. The number of benzene rings is 1. The maximum Gasteiger partial charge on any atom is 0.166 e. The first-order chi connectivity index (χ1) is 16.0. The summed E-state index contributed by atoms with van der Waals surface area (Å²) in [6.07, 6.45) is 4.77. The Hall–Kier alpha value is -3.75. The van der Waals surface area contributed by atoms with Crippen molar-refractivity contribution in [2.75, 3.05) is 5.73 Å². The van der Waals surface area contributed by atoms with Crippen LogP contribution in [0.1, 0.15) is 35.4 Å². The van der Waals surface area contributed by atoms with Crippen LogP contribution in [0.15, 0.2) is 30.5 Å². The summed E-state index contributed by atoms with van der Waals surface area (Å²) >= 11 is 0. The van der Waals surface area contributed by atoms with E-state index >= 15 is 0 Å². The van der Waals surface area contributed by atoms with Crippen LogP contribution in [0.3, 0.4) is 0 Å². The van der Waals surface area contributed by atoms with Gasteiger partial charge in [-0.3, -0.25) is 4.68 Å². The van der Waals surface area contributed by atoms with Gasteiger partial charge in [0.1, 0.15) is 18.1 Å². The summed E-state index contributed by atoms with van der Waals surface area (Å²) < 4.78 is 22.3. The fourth-order valence-corrected chi connectivity index (χ4v) is 4.54. The fraction of sp³-hybridized carbons (Fsp3) is 0.333. The van der Waals surface area contributed by atoms with Crippen LogP contribution in [0.5, 0.6) is 5.75 Å². The van der Waals surface area contributed by atoms with Crippen LogP contribution in [0.4, 0.5) is 10.2 Å². The van der Waals surface area contributed by atoms with Gasteiger partial charge in [-0.05, 0) is 49.9 Å². The van der Waals surface area contributed by atoms with Gasteiger partial charge in [0.05, 0.1) is 17.1 Å². The summed E-state index contributed by atoms with van der Waals surface area (Å²) in [5, 5.41) is 14.2. The molecule has 2 N–H and O–H groups in total. The van der Waals surface area contributed by atoms with Gasteiger partial charge in [-0.2, -0.15) is 20.1 Å². The molecule has 3 aromatic heterocycles. The highest BCUT2D eigenvalue weighted by atomic mass is 19.1. The third-order valence-corrected chi connectivity index (χ3v) is 6.37. The molecule has 8 nitrogen and oxygen atoms in total. The van der Waals surface area contributed by atoms with Crippen molar-refractivity contribution in [1.29, 1.82) is 0 Å². The molecule has 6 rings (SSSR count). The van der Waals surface area contributed by atoms with Gasteiger partial charge in [0, 0.05) is 48.5 Å². The third-order valence-electron chi connectivity index (χ3n) is 6.37. The highest BCUT2D eigenvalue weighted by Gasteiger charge is 2.28. The zero-order valence-electron chi connectivity index (χ0n) is 18.5. The number of rotatable bonds is 2. The Morgan fingerprint density at radius 2 is 2.03 bits per heavy atom. The van der Waals surface area contributed by atoms with Gasteiger partial charge < -0.3 is 10.5 Å². The summed E-state index contributed by atoms with van der Waals surface area (Å²) in [6.45, 7) is 3.02. The van der Waals surface area contributed by atoms with Gasteiger partial charge in [0.25, 0.3) is 0 Å². The number of ether oxygens (including phenoxy) is 1. The van der Waals surface area contributed by atoms with E-state index in [2.05, 4.69) is 19.9 Å². The molecule has 0 atom stereocenters. The van der Waals surface area contributed by atoms with E-state index in [-0.39, 0.29) is 12.4 Å². The second-order valence-electron chi connectivity index (χ2n) is 8.90. The van der Waals surface area contributed by atoms with Gasteiger partial charge in [-0.1, -0.05) is 0 Å². The summed E-state index contributed by atoms with van der Waals surface area (Å²) in [5.41, 5.74) is 13.0. The van der Waals surface area contributed by atoms with Crippen LogP contribution in [-0.2, 0) is 26.6 Å². The first kappa shape index (κ1) is 19.9. The topological polar surface area (TPSA) is 96.7 Å². The van der Waals surface area contributed by atoms with Crippen molar-refractivity contribution >= 4 is 5.82 Å². The molecule has 0 radical (unpaired) electrons. The molecule has 0 unspecified atom stereocenters. The Bertz CT molecular complexity index is 1390. The number of aryl methyl sites for hydroxylation is 2. The average molecular weight is 446 g/mol. The van der Waals surface area contributed by atoms with Crippen LogP contribution in [-0.4, -0.2) is 29.8 Å². The highest BCUT2D eigenvalue weighted by Crippen LogP contribution is 2.38. The van der Waals surface area contributed by atoms with Crippen LogP contribution in [0.25, 0.3) is 22.5 Å². The maximum absolute atomic E-state index is 14.1. The minimum atomic E-state index is -0.339. The highest BCUT2D eigenvalue weighted by molar-refractivity contribution is 5.71. The van der Waals surface area contributed by atoms with E-state index in [1.54, 1.807) is 24.1 Å². The first-order valence-corrected chi connectivity index (χ1v) is 11.1. The number of nitrogen functional groups attached to an aromatic ring is 1. The van der Waals surface area contributed by atoms with E-state index in [0.29, 0.717) is 35.2 Å². The molecule has 0 saturated heterocycles. The molecule has 9 heteroatoms. The Kier molecular flexibility index (Phi) is 4.46. The molecule has 1 aliphatic heterocycles. The van der Waals surface area contributed by atoms with Gasteiger partial charge in [-0.25, -0.2) is 9.37 Å². The molecule has 4 heterocycles. The first-order valence-electron chi connectivity index (χ1n) is 11.1. The SMILES string of the molecule is Cc1nn(CC2CC2)c2c1Cc1nn(C)nc1-c1ccc(F)cc1COc1cc-2cnc1N. The summed E-state index contributed by atoms with van der Waals surface area (Å²) in [7, 11) is 1.79. The minimum Gasteiger partial charge on any atom is -0.485 e. The number of anilines is 1. The Balaban J connectivity index is 1.60. The second-order valence-corrected chi connectivity index (χ2v) is 8.90. The lowest BCUT2D eigenvalue weighted by molar-refractivity contribution is 0.307. The molecule has 168 valence electrons. The van der Waals surface area contributed by atoms with E-state index in [9.17, 15) is 4.39 Å². The van der Waals surface area contributed by atoms with Crippen molar-refractivity contribution in [3.8, 4) is 28.3 Å². The van der Waals surface area contributed by atoms with E-state index in [4.69, 9.17) is 15.6 Å².